The fourth-order valence-corrected chi connectivity index (χ4v) is 1.74. The van der Waals surface area contributed by atoms with Gasteiger partial charge in [-0.2, -0.15) is 0 Å². The summed E-state index contributed by atoms with van der Waals surface area (Å²) in [5, 5.41) is 21.3. The minimum Gasteiger partial charge on any atom is -0.507 e. The Morgan fingerprint density at radius 3 is 2.53 bits per heavy atom. The summed E-state index contributed by atoms with van der Waals surface area (Å²) in [6.07, 6.45) is 2.25. The molecule has 0 atom stereocenters. The van der Waals surface area contributed by atoms with E-state index >= 15 is 0 Å². The SMILES string of the molecule is CCN=Cc1cc([N+](=O)[O-])cc(C(C)(C)CC)c1O. The average Bonchev–Trinajstić information content (AvgIpc) is 2.37. The molecule has 104 valence electrons. The Hall–Kier alpha value is -1.91. The maximum atomic E-state index is 11.0. The molecule has 0 saturated heterocycles. The number of phenols is 1. The van der Waals surface area contributed by atoms with Crippen molar-refractivity contribution in [3.63, 3.8) is 0 Å². The highest BCUT2D eigenvalue weighted by Gasteiger charge is 2.26. The Morgan fingerprint density at radius 2 is 2.05 bits per heavy atom. The van der Waals surface area contributed by atoms with Gasteiger partial charge >= 0.3 is 0 Å². The topological polar surface area (TPSA) is 75.7 Å². The van der Waals surface area contributed by atoms with Gasteiger partial charge in [0, 0.05) is 36.0 Å². The van der Waals surface area contributed by atoms with Gasteiger partial charge in [-0.15, -0.1) is 0 Å². The van der Waals surface area contributed by atoms with E-state index in [0.29, 0.717) is 17.7 Å². The molecule has 0 fully saturated rings. The van der Waals surface area contributed by atoms with Crippen LogP contribution in [0.1, 0.15) is 45.2 Å². The molecule has 19 heavy (non-hydrogen) atoms. The molecule has 0 bridgehead atoms. The number of rotatable bonds is 5. The van der Waals surface area contributed by atoms with E-state index in [1.807, 2.05) is 27.7 Å². The monoisotopic (exact) mass is 264 g/mol. The van der Waals surface area contributed by atoms with Crippen LogP contribution in [0.4, 0.5) is 5.69 Å². The lowest BCUT2D eigenvalue weighted by Crippen LogP contribution is -2.16. The lowest BCUT2D eigenvalue weighted by molar-refractivity contribution is -0.385. The Bertz CT molecular complexity index is 508. The van der Waals surface area contributed by atoms with E-state index in [1.165, 1.54) is 18.3 Å². The molecule has 0 aliphatic carbocycles. The molecule has 1 aromatic rings. The molecule has 5 nitrogen and oxygen atoms in total. The number of hydrogen-bond acceptors (Lipinski definition) is 4. The number of phenolic OH excluding ortho intramolecular Hbond substituents is 1. The van der Waals surface area contributed by atoms with Crippen LogP contribution in [0.25, 0.3) is 0 Å². The molecule has 0 aliphatic rings. The smallest absolute Gasteiger partial charge is 0.270 e. The van der Waals surface area contributed by atoms with Crippen molar-refractivity contribution in [1.29, 1.82) is 0 Å². The first-order valence-corrected chi connectivity index (χ1v) is 6.35. The van der Waals surface area contributed by atoms with Gasteiger partial charge in [0.1, 0.15) is 5.75 Å². The van der Waals surface area contributed by atoms with Crippen LogP contribution in [-0.4, -0.2) is 22.8 Å². The Kier molecular flexibility index (Phi) is 4.64. The first-order chi connectivity index (χ1) is 8.83. The molecule has 0 saturated carbocycles. The summed E-state index contributed by atoms with van der Waals surface area (Å²) in [5.74, 6) is 0.0784. The number of aromatic hydroxyl groups is 1. The summed E-state index contributed by atoms with van der Waals surface area (Å²) in [6.45, 7) is 8.31. The van der Waals surface area contributed by atoms with Crippen molar-refractivity contribution in [2.24, 2.45) is 4.99 Å². The van der Waals surface area contributed by atoms with E-state index in [9.17, 15) is 15.2 Å². The van der Waals surface area contributed by atoms with Crippen LogP contribution in [0.5, 0.6) is 5.75 Å². The van der Waals surface area contributed by atoms with Crippen LogP contribution >= 0.6 is 0 Å². The van der Waals surface area contributed by atoms with Gasteiger partial charge in [0.25, 0.3) is 5.69 Å². The predicted octanol–water partition coefficient (Wildman–Crippen LogP) is 3.43. The molecule has 0 radical (unpaired) electrons. The number of nitro benzene ring substituents is 1. The zero-order chi connectivity index (χ0) is 14.6. The Labute approximate surface area is 113 Å². The molecule has 0 unspecified atom stereocenters. The first kappa shape index (κ1) is 15.1. The third kappa shape index (κ3) is 3.30. The van der Waals surface area contributed by atoms with E-state index in [4.69, 9.17) is 0 Å². The highest BCUT2D eigenvalue weighted by Crippen LogP contribution is 2.38. The van der Waals surface area contributed by atoms with Crippen molar-refractivity contribution in [2.45, 2.75) is 39.5 Å². The van der Waals surface area contributed by atoms with Gasteiger partial charge < -0.3 is 5.11 Å². The van der Waals surface area contributed by atoms with Crippen molar-refractivity contribution in [1.82, 2.24) is 0 Å². The molecule has 0 aromatic heterocycles. The largest absolute Gasteiger partial charge is 0.507 e. The number of hydrogen-bond donors (Lipinski definition) is 1. The second-order valence-corrected chi connectivity index (χ2v) is 5.05. The van der Waals surface area contributed by atoms with Gasteiger partial charge in [0.15, 0.2) is 0 Å². The van der Waals surface area contributed by atoms with Crippen LogP contribution in [0, 0.1) is 10.1 Å². The van der Waals surface area contributed by atoms with Crippen LogP contribution in [-0.2, 0) is 5.41 Å². The lowest BCUT2D eigenvalue weighted by Gasteiger charge is -2.24. The first-order valence-electron chi connectivity index (χ1n) is 6.35. The normalized spacial score (nSPS) is 12.0. The molecule has 1 N–H and O–H groups in total. The zero-order valence-corrected chi connectivity index (χ0v) is 11.8. The van der Waals surface area contributed by atoms with Gasteiger partial charge in [0.2, 0.25) is 0 Å². The second kappa shape index (κ2) is 5.82. The van der Waals surface area contributed by atoms with Gasteiger partial charge in [-0.05, 0) is 18.8 Å². The van der Waals surface area contributed by atoms with Crippen molar-refractivity contribution < 1.29 is 10.0 Å². The van der Waals surface area contributed by atoms with Gasteiger partial charge in [-0.25, -0.2) is 0 Å². The molecular weight excluding hydrogens is 244 g/mol. The average molecular weight is 264 g/mol. The van der Waals surface area contributed by atoms with E-state index in [-0.39, 0.29) is 16.9 Å². The number of aliphatic imine (C=N–C) groups is 1. The highest BCUT2D eigenvalue weighted by molar-refractivity contribution is 5.85. The molecule has 1 rings (SSSR count). The summed E-state index contributed by atoms with van der Waals surface area (Å²) in [7, 11) is 0. The fourth-order valence-electron chi connectivity index (χ4n) is 1.74. The number of nitrogens with zero attached hydrogens (tertiary/aromatic N) is 2. The zero-order valence-electron chi connectivity index (χ0n) is 11.8. The lowest BCUT2D eigenvalue weighted by atomic mass is 9.80. The summed E-state index contributed by atoms with van der Waals surface area (Å²) >= 11 is 0. The minimum absolute atomic E-state index is 0.0214. The van der Waals surface area contributed by atoms with Crippen LogP contribution in [0.2, 0.25) is 0 Å². The van der Waals surface area contributed by atoms with Crippen molar-refractivity contribution in [3.05, 3.63) is 33.4 Å². The molecule has 0 amide bonds. The maximum Gasteiger partial charge on any atom is 0.270 e. The van der Waals surface area contributed by atoms with E-state index < -0.39 is 4.92 Å². The second-order valence-electron chi connectivity index (χ2n) is 5.05. The molecular formula is C14H20N2O3. The van der Waals surface area contributed by atoms with Crippen molar-refractivity contribution in [3.8, 4) is 5.75 Å². The quantitative estimate of drug-likeness (QED) is 0.503. The number of benzene rings is 1. The standard InChI is InChI=1S/C14H20N2O3/c1-5-14(3,4)12-8-11(16(18)19)7-10(13(12)17)9-15-6-2/h7-9,17H,5-6H2,1-4H3. The van der Waals surface area contributed by atoms with Crippen LogP contribution in [0.3, 0.4) is 0 Å². The predicted molar refractivity (Wildman–Crippen MR) is 76.2 cm³/mol. The van der Waals surface area contributed by atoms with Gasteiger partial charge in [0.05, 0.1) is 4.92 Å². The number of nitro groups is 1. The summed E-state index contributed by atoms with van der Waals surface area (Å²) < 4.78 is 0. The van der Waals surface area contributed by atoms with Gasteiger partial charge in [-0.3, -0.25) is 15.1 Å². The van der Waals surface area contributed by atoms with E-state index in [2.05, 4.69) is 4.99 Å². The fraction of sp³-hybridized carbons (Fsp3) is 0.500. The summed E-state index contributed by atoms with van der Waals surface area (Å²) in [4.78, 5) is 14.6. The Balaban J connectivity index is 3.50. The third-order valence-electron chi connectivity index (χ3n) is 3.36. The van der Waals surface area contributed by atoms with E-state index in [0.717, 1.165) is 6.42 Å². The molecule has 0 aliphatic heterocycles. The van der Waals surface area contributed by atoms with Crippen LogP contribution < -0.4 is 0 Å². The summed E-state index contributed by atoms with van der Waals surface area (Å²) in [6, 6.07) is 2.80. The van der Waals surface area contributed by atoms with Gasteiger partial charge in [-0.1, -0.05) is 20.8 Å². The third-order valence-corrected chi connectivity index (χ3v) is 3.36. The molecule has 1 aromatic carbocycles. The molecule has 0 spiro atoms. The Morgan fingerprint density at radius 1 is 1.42 bits per heavy atom. The maximum absolute atomic E-state index is 11.0. The summed E-state index contributed by atoms with van der Waals surface area (Å²) in [5.41, 5.74) is 0.631. The highest BCUT2D eigenvalue weighted by atomic mass is 16.6. The van der Waals surface area contributed by atoms with Crippen molar-refractivity contribution >= 4 is 11.9 Å². The minimum atomic E-state index is -0.446. The number of non-ortho nitro benzene ring substituents is 1. The molecule has 0 heterocycles. The molecule has 5 heteroatoms. The van der Waals surface area contributed by atoms with Crippen LogP contribution in [0.15, 0.2) is 17.1 Å². The van der Waals surface area contributed by atoms with E-state index in [1.54, 1.807) is 0 Å². The van der Waals surface area contributed by atoms with Crippen molar-refractivity contribution in [2.75, 3.05) is 6.54 Å².